The highest BCUT2D eigenvalue weighted by Gasteiger charge is 2.19. The second-order valence-corrected chi connectivity index (χ2v) is 10.2. The van der Waals surface area contributed by atoms with Crippen LogP contribution < -0.4 is 15.6 Å². The lowest BCUT2D eigenvalue weighted by molar-refractivity contribution is 0.0635. The summed E-state index contributed by atoms with van der Waals surface area (Å²) in [6, 6.07) is 15.1. The smallest absolute Gasteiger partial charge is 0.412 e. The summed E-state index contributed by atoms with van der Waals surface area (Å²) >= 11 is 0. The van der Waals surface area contributed by atoms with Gasteiger partial charge in [-0.25, -0.2) is 22.3 Å². The minimum Gasteiger partial charge on any atom is -0.444 e. The van der Waals surface area contributed by atoms with Crippen molar-refractivity contribution in [3.05, 3.63) is 82.4 Å². The molecule has 0 atom stereocenters. The molecule has 3 rings (SSSR count). The molecule has 0 unspecified atom stereocenters. The molecule has 0 bridgehead atoms. The van der Waals surface area contributed by atoms with E-state index in [1.165, 1.54) is 36.4 Å². The maximum absolute atomic E-state index is 14.7. The van der Waals surface area contributed by atoms with Crippen LogP contribution in [0.3, 0.4) is 0 Å². The van der Waals surface area contributed by atoms with Gasteiger partial charge >= 0.3 is 6.09 Å². The van der Waals surface area contributed by atoms with E-state index >= 15 is 0 Å². The maximum atomic E-state index is 14.7. The quantitative estimate of drug-likeness (QED) is 0.465. The number of sulfonamides is 1. The van der Waals surface area contributed by atoms with Crippen LogP contribution >= 0.6 is 0 Å². The Morgan fingerprint density at radius 2 is 1.74 bits per heavy atom. The number of anilines is 1. The number of pyridine rings is 1. The molecule has 1 aromatic heterocycles. The Labute approximate surface area is 197 Å². The number of carbonyl (C=O) groups is 1. The van der Waals surface area contributed by atoms with E-state index in [0.717, 1.165) is 0 Å². The molecule has 10 heteroatoms. The summed E-state index contributed by atoms with van der Waals surface area (Å²) in [6.45, 7) is 5.11. The number of nitrogens with one attached hydrogen (secondary N) is 3. The summed E-state index contributed by atoms with van der Waals surface area (Å²) in [7, 11) is -3.71. The highest BCUT2D eigenvalue weighted by Crippen LogP contribution is 2.26. The zero-order chi connectivity index (χ0) is 24.9. The molecule has 3 aromatic rings. The van der Waals surface area contributed by atoms with E-state index in [9.17, 15) is 22.4 Å². The second kappa shape index (κ2) is 10.2. The van der Waals surface area contributed by atoms with Crippen molar-refractivity contribution in [2.45, 2.75) is 37.7 Å². The van der Waals surface area contributed by atoms with E-state index in [-0.39, 0.29) is 34.8 Å². The third-order valence-corrected chi connectivity index (χ3v) is 6.13. The van der Waals surface area contributed by atoms with Crippen molar-refractivity contribution in [2.24, 2.45) is 0 Å². The molecule has 1 heterocycles. The van der Waals surface area contributed by atoms with E-state index in [2.05, 4.69) is 15.0 Å². The normalized spacial score (nSPS) is 11.8. The lowest BCUT2D eigenvalue weighted by Crippen LogP contribution is -2.29. The van der Waals surface area contributed by atoms with Crippen LogP contribution in [0.5, 0.6) is 0 Å². The van der Waals surface area contributed by atoms with Crippen LogP contribution in [0.1, 0.15) is 26.3 Å². The van der Waals surface area contributed by atoms with E-state index in [0.29, 0.717) is 5.56 Å². The van der Waals surface area contributed by atoms with Gasteiger partial charge in [-0.15, -0.1) is 0 Å². The first kappa shape index (κ1) is 25.1. The summed E-state index contributed by atoms with van der Waals surface area (Å²) in [5.41, 5.74) is -0.588. The van der Waals surface area contributed by atoms with Crippen molar-refractivity contribution in [1.29, 1.82) is 0 Å². The van der Waals surface area contributed by atoms with Crippen molar-refractivity contribution < 1.29 is 22.3 Å². The Morgan fingerprint density at radius 1 is 1.03 bits per heavy atom. The fourth-order valence-electron chi connectivity index (χ4n) is 3.21. The number of amides is 1. The van der Waals surface area contributed by atoms with Gasteiger partial charge in [-0.2, -0.15) is 0 Å². The molecule has 0 spiro atoms. The number of aromatic amines is 1. The third-order valence-electron chi connectivity index (χ3n) is 4.65. The van der Waals surface area contributed by atoms with Gasteiger partial charge in [-0.1, -0.05) is 30.3 Å². The molecule has 34 heavy (non-hydrogen) atoms. The maximum Gasteiger partial charge on any atom is 0.412 e. The molecular weight excluding hydrogens is 461 g/mol. The zero-order valence-corrected chi connectivity index (χ0v) is 19.8. The largest absolute Gasteiger partial charge is 0.444 e. The zero-order valence-electron chi connectivity index (χ0n) is 19.0. The molecule has 0 aliphatic carbocycles. The molecule has 1 amide bonds. The Hall–Kier alpha value is -3.50. The minimum absolute atomic E-state index is 0.0240. The van der Waals surface area contributed by atoms with Gasteiger partial charge in [0.25, 0.3) is 5.56 Å². The number of aromatic nitrogens is 1. The number of hydrogen-bond donors (Lipinski definition) is 3. The number of H-pyrrole nitrogens is 1. The summed E-state index contributed by atoms with van der Waals surface area (Å²) in [6.07, 6.45) is -0.609. The van der Waals surface area contributed by atoms with E-state index < -0.39 is 33.1 Å². The van der Waals surface area contributed by atoms with Crippen LogP contribution in [0.4, 0.5) is 14.9 Å². The molecule has 0 fully saturated rings. The summed E-state index contributed by atoms with van der Waals surface area (Å²) < 4.78 is 47.2. The van der Waals surface area contributed by atoms with E-state index in [1.807, 2.05) is 0 Å². The number of halogens is 1. The first-order chi connectivity index (χ1) is 16.0. The average molecular weight is 488 g/mol. The van der Waals surface area contributed by atoms with Crippen molar-refractivity contribution in [3.63, 3.8) is 0 Å². The molecule has 0 radical (unpaired) electrons. The Balaban J connectivity index is 1.79. The van der Waals surface area contributed by atoms with Gasteiger partial charge in [0.05, 0.1) is 10.6 Å². The number of hydrogen-bond acceptors (Lipinski definition) is 5. The predicted molar refractivity (Wildman–Crippen MR) is 128 cm³/mol. The van der Waals surface area contributed by atoms with Gasteiger partial charge in [-0.3, -0.25) is 10.1 Å². The topological polar surface area (TPSA) is 117 Å². The number of carbonyl (C=O) groups excluding carboxylic acids is 1. The number of benzene rings is 2. The van der Waals surface area contributed by atoms with Gasteiger partial charge in [0, 0.05) is 12.1 Å². The molecule has 180 valence electrons. The van der Waals surface area contributed by atoms with Crippen LogP contribution in [0.15, 0.2) is 70.4 Å². The van der Waals surface area contributed by atoms with Crippen molar-refractivity contribution in [3.8, 4) is 11.3 Å². The van der Waals surface area contributed by atoms with Gasteiger partial charge in [0.15, 0.2) is 0 Å². The summed E-state index contributed by atoms with van der Waals surface area (Å²) in [5.74, 6) is -0.577. The van der Waals surface area contributed by atoms with Crippen LogP contribution in [0.2, 0.25) is 0 Å². The monoisotopic (exact) mass is 487 g/mol. The van der Waals surface area contributed by atoms with Crippen molar-refractivity contribution >= 4 is 21.8 Å². The predicted octanol–water partition coefficient (Wildman–Crippen LogP) is 4.05. The van der Waals surface area contributed by atoms with Crippen LogP contribution in [-0.2, 0) is 21.2 Å². The fourth-order valence-corrected chi connectivity index (χ4v) is 4.27. The Kier molecular flexibility index (Phi) is 7.53. The molecular formula is C24H26FN3O5S. The first-order valence-corrected chi connectivity index (χ1v) is 12.0. The molecule has 0 saturated heterocycles. The summed E-state index contributed by atoms with van der Waals surface area (Å²) in [5, 5.41) is 2.37. The second-order valence-electron chi connectivity index (χ2n) is 8.48. The minimum atomic E-state index is -3.71. The van der Waals surface area contributed by atoms with E-state index in [4.69, 9.17) is 4.74 Å². The lowest BCUT2D eigenvalue weighted by Gasteiger charge is -2.19. The van der Waals surface area contributed by atoms with Crippen molar-refractivity contribution in [1.82, 2.24) is 9.71 Å². The Morgan fingerprint density at radius 3 is 2.38 bits per heavy atom. The number of ether oxygens (including phenoxy) is 1. The first-order valence-electron chi connectivity index (χ1n) is 10.5. The Bertz CT molecular complexity index is 1330. The fraction of sp³-hybridized carbons (Fsp3) is 0.250. The highest BCUT2D eigenvalue weighted by molar-refractivity contribution is 7.89. The number of rotatable bonds is 7. The standard InChI is InChI=1S/C24H26FN3O5S/c1-24(2,3)33-23(30)28-20-13-12-19(27-22(20)29)21-16(8-7-11-18(21)25)14-15-26-34(31,32)17-9-5-4-6-10-17/h4-13,26H,14-15H2,1-3H3,(H,27,29)(H,28,30). The molecule has 8 nitrogen and oxygen atoms in total. The lowest BCUT2D eigenvalue weighted by atomic mass is 10.0. The van der Waals surface area contributed by atoms with Crippen LogP contribution in [0.25, 0.3) is 11.3 Å². The van der Waals surface area contributed by atoms with Crippen LogP contribution in [-0.4, -0.2) is 31.6 Å². The SMILES string of the molecule is CC(C)(C)OC(=O)Nc1ccc(-c2c(F)cccc2CCNS(=O)(=O)c2ccccc2)[nH]c1=O. The van der Waals surface area contributed by atoms with Gasteiger partial charge in [-0.05, 0) is 63.1 Å². The third kappa shape index (κ3) is 6.52. The van der Waals surface area contributed by atoms with Crippen LogP contribution in [0, 0.1) is 5.82 Å². The molecule has 0 aliphatic heterocycles. The summed E-state index contributed by atoms with van der Waals surface area (Å²) in [4.78, 5) is 27.1. The van der Waals surface area contributed by atoms with Gasteiger partial charge in [0.2, 0.25) is 10.0 Å². The molecule has 0 aliphatic rings. The average Bonchev–Trinajstić information content (AvgIpc) is 2.75. The molecule has 0 saturated carbocycles. The highest BCUT2D eigenvalue weighted by atomic mass is 32.2. The molecule has 3 N–H and O–H groups in total. The van der Waals surface area contributed by atoms with Gasteiger partial charge in [0.1, 0.15) is 17.1 Å². The van der Waals surface area contributed by atoms with Gasteiger partial charge < -0.3 is 9.72 Å². The van der Waals surface area contributed by atoms with Crippen molar-refractivity contribution in [2.75, 3.05) is 11.9 Å². The van der Waals surface area contributed by atoms with E-state index in [1.54, 1.807) is 45.0 Å². The molecule has 2 aromatic carbocycles.